The minimum absolute atomic E-state index is 0.0621. The van der Waals surface area contributed by atoms with Crippen LogP contribution in [0.4, 0.5) is 13.2 Å². The van der Waals surface area contributed by atoms with Crippen molar-refractivity contribution in [2.45, 2.75) is 19.5 Å². The summed E-state index contributed by atoms with van der Waals surface area (Å²) in [6, 6.07) is 3.40. The van der Waals surface area contributed by atoms with Gasteiger partial charge in [-0.3, -0.25) is 14.7 Å². The van der Waals surface area contributed by atoms with E-state index in [2.05, 4.69) is 26.7 Å². The molecular formula is C20H25F3N4O2. The summed E-state index contributed by atoms with van der Waals surface area (Å²) in [6.45, 7) is 8.37. The lowest BCUT2D eigenvalue weighted by atomic mass is 10.1. The van der Waals surface area contributed by atoms with Gasteiger partial charge in [-0.1, -0.05) is 13.0 Å². The smallest absolute Gasteiger partial charge is 0.418 e. The fourth-order valence-electron chi connectivity index (χ4n) is 3.58. The van der Waals surface area contributed by atoms with Crippen LogP contribution < -0.4 is 5.56 Å². The molecule has 0 amide bonds. The van der Waals surface area contributed by atoms with Gasteiger partial charge in [0.05, 0.1) is 23.2 Å². The van der Waals surface area contributed by atoms with Gasteiger partial charge in [0, 0.05) is 44.3 Å². The molecule has 1 fully saturated rings. The number of para-hydroxylation sites is 1. The molecule has 6 nitrogen and oxygen atoms in total. The first-order chi connectivity index (χ1) is 13.8. The maximum Gasteiger partial charge on any atom is 0.418 e. The van der Waals surface area contributed by atoms with Crippen molar-refractivity contribution in [3.63, 3.8) is 0 Å². The van der Waals surface area contributed by atoms with Crippen LogP contribution in [0.5, 0.6) is 5.75 Å². The summed E-state index contributed by atoms with van der Waals surface area (Å²) in [5.74, 6) is -0.494. The number of halogens is 3. The van der Waals surface area contributed by atoms with E-state index in [4.69, 9.17) is 0 Å². The van der Waals surface area contributed by atoms with Gasteiger partial charge < -0.3 is 15.0 Å². The topological polar surface area (TPSA) is 71.9 Å². The van der Waals surface area contributed by atoms with Gasteiger partial charge in [0.1, 0.15) is 5.75 Å². The first-order valence-corrected chi connectivity index (χ1v) is 9.71. The van der Waals surface area contributed by atoms with Crippen molar-refractivity contribution in [3.8, 4) is 5.75 Å². The van der Waals surface area contributed by atoms with Crippen LogP contribution in [-0.4, -0.2) is 71.9 Å². The third-order valence-corrected chi connectivity index (χ3v) is 5.13. The summed E-state index contributed by atoms with van der Waals surface area (Å²) < 4.78 is 39.4. The highest BCUT2D eigenvalue weighted by Gasteiger charge is 2.33. The van der Waals surface area contributed by atoms with E-state index in [0.717, 1.165) is 51.8 Å². The second kappa shape index (κ2) is 8.96. The lowest BCUT2D eigenvalue weighted by molar-refractivity contribution is -0.136. The zero-order valence-corrected chi connectivity index (χ0v) is 16.3. The fourth-order valence-corrected chi connectivity index (χ4v) is 3.58. The number of aromatic amines is 1. The average molecular weight is 410 g/mol. The monoisotopic (exact) mass is 410 g/mol. The van der Waals surface area contributed by atoms with E-state index in [1.54, 1.807) is 0 Å². The highest BCUT2D eigenvalue weighted by Crippen LogP contribution is 2.36. The maximum absolute atomic E-state index is 13.1. The highest BCUT2D eigenvalue weighted by atomic mass is 19.4. The standard InChI is InChI=1S/C20H25F3N4O2/c1-2-7-26-9-11-27(12-10-26)8-6-24-13-15-18(28)14-4-3-5-16(20(21,22)23)17(14)25-19(15)29/h3-5,13H,2,6-12H2,1H3,(H2,25,28,29). The minimum Gasteiger partial charge on any atom is -0.506 e. The predicted molar refractivity (Wildman–Crippen MR) is 107 cm³/mol. The van der Waals surface area contributed by atoms with Gasteiger partial charge in [-0.05, 0) is 25.1 Å². The minimum atomic E-state index is -4.63. The summed E-state index contributed by atoms with van der Waals surface area (Å²) >= 11 is 0. The van der Waals surface area contributed by atoms with E-state index in [0.29, 0.717) is 6.54 Å². The Morgan fingerprint density at radius 1 is 1.17 bits per heavy atom. The number of alkyl halides is 3. The molecule has 0 aliphatic carbocycles. The third kappa shape index (κ3) is 4.97. The second-order valence-corrected chi connectivity index (χ2v) is 7.16. The summed E-state index contributed by atoms with van der Waals surface area (Å²) in [5, 5.41) is 10.3. The molecule has 2 N–H and O–H groups in total. The molecule has 158 valence electrons. The molecule has 1 aromatic heterocycles. The first kappa shape index (κ1) is 21.3. The molecule has 1 aromatic carbocycles. The molecule has 2 aromatic rings. The molecule has 9 heteroatoms. The lowest BCUT2D eigenvalue weighted by Gasteiger charge is -2.34. The highest BCUT2D eigenvalue weighted by molar-refractivity contribution is 5.96. The number of nitrogens with zero attached hydrogens (tertiary/aromatic N) is 3. The van der Waals surface area contributed by atoms with Crippen LogP contribution in [0.1, 0.15) is 24.5 Å². The molecule has 0 radical (unpaired) electrons. The van der Waals surface area contributed by atoms with E-state index in [1.807, 2.05) is 0 Å². The van der Waals surface area contributed by atoms with Crippen molar-refractivity contribution in [2.24, 2.45) is 4.99 Å². The van der Waals surface area contributed by atoms with Gasteiger partial charge in [0.25, 0.3) is 5.56 Å². The number of rotatable bonds is 6. The molecule has 2 heterocycles. The Bertz CT molecular complexity index is 932. The number of piperazine rings is 1. The number of hydrogen-bond donors (Lipinski definition) is 2. The van der Waals surface area contributed by atoms with Gasteiger partial charge in [0.15, 0.2) is 0 Å². The van der Waals surface area contributed by atoms with E-state index in [9.17, 15) is 23.1 Å². The second-order valence-electron chi connectivity index (χ2n) is 7.16. The van der Waals surface area contributed by atoms with Gasteiger partial charge in [-0.2, -0.15) is 13.2 Å². The summed E-state index contributed by atoms with van der Waals surface area (Å²) in [7, 11) is 0. The Hall–Kier alpha value is -2.39. The molecule has 0 atom stereocenters. The number of H-pyrrole nitrogens is 1. The Morgan fingerprint density at radius 3 is 2.45 bits per heavy atom. The van der Waals surface area contributed by atoms with Gasteiger partial charge >= 0.3 is 6.18 Å². The Labute approximate surface area is 166 Å². The van der Waals surface area contributed by atoms with E-state index >= 15 is 0 Å². The van der Waals surface area contributed by atoms with Crippen LogP contribution in [-0.2, 0) is 6.18 Å². The van der Waals surface area contributed by atoms with E-state index in [1.165, 1.54) is 18.3 Å². The Balaban J connectivity index is 1.70. The maximum atomic E-state index is 13.1. The number of fused-ring (bicyclic) bond motifs is 1. The number of aliphatic imine (C=N–C) groups is 1. The summed E-state index contributed by atoms with van der Waals surface area (Å²) in [4.78, 5) is 23.4. The number of benzene rings is 1. The van der Waals surface area contributed by atoms with Crippen molar-refractivity contribution in [2.75, 3.05) is 45.8 Å². The van der Waals surface area contributed by atoms with Gasteiger partial charge in [-0.15, -0.1) is 0 Å². The van der Waals surface area contributed by atoms with Crippen molar-refractivity contribution in [3.05, 3.63) is 39.7 Å². The molecule has 0 bridgehead atoms. The molecule has 29 heavy (non-hydrogen) atoms. The molecule has 0 spiro atoms. The number of pyridine rings is 1. The zero-order chi connectivity index (χ0) is 21.0. The van der Waals surface area contributed by atoms with Crippen LogP contribution in [0.25, 0.3) is 10.9 Å². The number of aromatic hydroxyl groups is 1. The van der Waals surface area contributed by atoms with Gasteiger partial charge in [-0.25, -0.2) is 0 Å². The summed E-state index contributed by atoms with van der Waals surface area (Å²) in [5.41, 5.74) is -2.36. The van der Waals surface area contributed by atoms with Crippen molar-refractivity contribution >= 4 is 17.1 Å². The van der Waals surface area contributed by atoms with E-state index < -0.39 is 28.6 Å². The normalized spacial score (nSPS) is 16.8. The predicted octanol–water partition coefficient (Wildman–Crippen LogP) is 2.70. The van der Waals surface area contributed by atoms with Crippen LogP contribution in [0.15, 0.2) is 28.0 Å². The molecule has 0 unspecified atom stereocenters. The van der Waals surface area contributed by atoms with Crippen molar-refractivity contribution in [1.82, 2.24) is 14.8 Å². The van der Waals surface area contributed by atoms with E-state index in [-0.39, 0.29) is 10.9 Å². The van der Waals surface area contributed by atoms with Crippen LogP contribution in [0.2, 0.25) is 0 Å². The Kier molecular flexibility index (Phi) is 6.59. The quantitative estimate of drug-likeness (QED) is 0.719. The molecule has 1 aliphatic rings. The lowest BCUT2D eigenvalue weighted by Crippen LogP contribution is -2.47. The first-order valence-electron chi connectivity index (χ1n) is 9.71. The Morgan fingerprint density at radius 2 is 1.83 bits per heavy atom. The van der Waals surface area contributed by atoms with Gasteiger partial charge in [0.2, 0.25) is 0 Å². The molecule has 1 saturated heterocycles. The summed E-state index contributed by atoms with van der Waals surface area (Å²) in [6.07, 6.45) is -2.26. The van der Waals surface area contributed by atoms with Crippen molar-refractivity contribution in [1.29, 1.82) is 0 Å². The van der Waals surface area contributed by atoms with Crippen LogP contribution in [0, 0.1) is 0 Å². The fraction of sp³-hybridized carbons (Fsp3) is 0.500. The molecular weight excluding hydrogens is 385 g/mol. The molecule has 1 aliphatic heterocycles. The SMILES string of the molecule is CCCN1CCN(CCN=Cc2c(O)c3cccc(C(F)(F)F)c3[nH]c2=O)CC1. The van der Waals surface area contributed by atoms with Crippen LogP contribution in [0.3, 0.4) is 0 Å². The number of nitrogens with one attached hydrogen (secondary N) is 1. The third-order valence-electron chi connectivity index (χ3n) is 5.13. The molecule has 3 rings (SSSR count). The number of aromatic nitrogens is 1. The average Bonchev–Trinajstić information content (AvgIpc) is 2.67. The number of hydrogen-bond acceptors (Lipinski definition) is 5. The van der Waals surface area contributed by atoms with Crippen molar-refractivity contribution < 1.29 is 18.3 Å². The largest absolute Gasteiger partial charge is 0.506 e. The zero-order valence-electron chi connectivity index (χ0n) is 16.3. The van der Waals surface area contributed by atoms with Crippen LogP contribution >= 0.6 is 0 Å². The molecule has 0 saturated carbocycles.